The van der Waals surface area contributed by atoms with E-state index >= 15 is 0 Å². The largest absolute Gasteiger partial charge is 0.304 e. The molecule has 0 fully saturated rings. The topological polar surface area (TPSA) is 3.24 Å². The molecule has 0 radical (unpaired) electrons. The molecule has 90 valence electrons. The third kappa shape index (κ3) is 4.36. The van der Waals surface area contributed by atoms with Crippen LogP contribution in [0.15, 0.2) is 30.3 Å². The van der Waals surface area contributed by atoms with E-state index in [1.54, 1.807) is 0 Å². The zero-order chi connectivity index (χ0) is 11.8. The number of hydrogen-bond acceptors (Lipinski definition) is 1. The Balaban J connectivity index is 2.37. The molecule has 0 amide bonds. The summed E-state index contributed by atoms with van der Waals surface area (Å²) in [5.41, 5.74) is 1.47. The molecule has 0 N–H and O–H groups in total. The molecule has 0 heterocycles. The molecular weight excluding hydrogens is 194 g/mol. The fraction of sp³-hybridized carbons (Fsp3) is 0.600. The molecule has 0 aromatic heterocycles. The van der Waals surface area contributed by atoms with Crippen molar-refractivity contribution in [2.24, 2.45) is 0 Å². The Hall–Kier alpha value is -0.820. The Morgan fingerprint density at radius 2 is 1.75 bits per heavy atom. The third-order valence-corrected chi connectivity index (χ3v) is 3.23. The van der Waals surface area contributed by atoms with Crippen LogP contribution in [0.5, 0.6) is 0 Å². The summed E-state index contributed by atoms with van der Waals surface area (Å²) in [5, 5.41) is 0. The number of benzene rings is 1. The van der Waals surface area contributed by atoms with E-state index in [4.69, 9.17) is 0 Å². The molecule has 0 saturated carbocycles. The standard InChI is InChI=1S/C15H25N/c1-4-12-16(5-2)13-11-14(3)15-9-7-6-8-10-15/h6-10,14H,4-5,11-13H2,1-3H3. The zero-order valence-corrected chi connectivity index (χ0v) is 10.9. The van der Waals surface area contributed by atoms with E-state index in [1.165, 1.54) is 38.0 Å². The highest BCUT2D eigenvalue weighted by atomic mass is 15.1. The fourth-order valence-electron chi connectivity index (χ4n) is 2.07. The third-order valence-electron chi connectivity index (χ3n) is 3.23. The summed E-state index contributed by atoms with van der Waals surface area (Å²) in [6, 6.07) is 10.8. The van der Waals surface area contributed by atoms with Crippen LogP contribution in [-0.4, -0.2) is 24.5 Å². The van der Waals surface area contributed by atoms with Crippen molar-refractivity contribution in [3.8, 4) is 0 Å². The maximum absolute atomic E-state index is 2.54. The van der Waals surface area contributed by atoms with Crippen molar-refractivity contribution in [1.29, 1.82) is 0 Å². The molecule has 1 heteroatoms. The molecule has 1 nitrogen and oxygen atoms in total. The minimum absolute atomic E-state index is 0.673. The highest BCUT2D eigenvalue weighted by Crippen LogP contribution is 2.18. The molecule has 0 saturated heterocycles. The molecule has 0 aliphatic rings. The average Bonchev–Trinajstić information content (AvgIpc) is 2.35. The SMILES string of the molecule is CCCN(CC)CCC(C)c1ccccc1. The quantitative estimate of drug-likeness (QED) is 0.672. The first-order valence-corrected chi connectivity index (χ1v) is 6.55. The van der Waals surface area contributed by atoms with Crippen LogP contribution in [0.2, 0.25) is 0 Å². The zero-order valence-electron chi connectivity index (χ0n) is 10.9. The maximum Gasteiger partial charge on any atom is -0.00131 e. The van der Waals surface area contributed by atoms with Gasteiger partial charge in [0.05, 0.1) is 0 Å². The van der Waals surface area contributed by atoms with Gasteiger partial charge < -0.3 is 4.90 Å². The first kappa shape index (κ1) is 13.2. The van der Waals surface area contributed by atoms with Crippen LogP contribution in [0.1, 0.15) is 45.1 Å². The van der Waals surface area contributed by atoms with Gasteiger partial charge in [-0.1, -0.05) is 51.1 Å². The van der Waals surface area contributed by atoms with Gasteiger partial charge in [-0.3, -0.25) is 0 Å². The Bertz CT molecular complexity index is 268. The van der Waals surface area contributed by atoms with Gasteiger partial charge in [0, 0.05) is 0 Å². The predicted octanol–water partition coefficient (Wildman–Crippen LogP) is 3.91. The van der Waals surface area contributed by atoms with Gasteiger partial charge in [0.2, 0.25) is 0 Å². The lowest BCUT2D eigenvalue weighted by Gasteiger charge is -2.21. The fourth-order valence-corrected chi connectivity index (χ4v) is 2.07. The second kappa shape index (κ2) is 7.45. The van der Waals surface area contributed by atoms with E-state index in [0.717, 1.165) is 0 Å². The summed E-state index contributed by atoms with van der Waals surface area (Å²) in [6.45, 7) is 10.5. The van der Waals surface area contributed by atoms with Crippen LogP contribution in [0.25, 0.3) is 0 Å². The van der Waals surface area contributed by atoms with Crippen molar-refractivity contribution >= 4 is 0 Å². The molecule has 1 unspecified atom stereocenters. The van der Waals surface area contributed by atoms with E-state index in [0.29, 0.717) is 5.92 Å². The summed E-state index contributed by atoms with van der Waals surface area (Å²) in [7, 11) is 0. The van der Waals surface area contributed by atoms with Gasteiger partial charge in [0.1, 0.15) is 0 Å². The van der Waals surface area contributed by atoms with Crippen LogP contribution in [-0.2, 0) is 0 Å². The molecule has 0 spiro atoms. The summed E-state index contributed by atoms with van der Waals surface area (Å²) in [4.78, 5) is 2.54. The van der Waals surface area contributed by atoms with E-state index in [-0.39, 0.29) is 0 Å². The molecule has 0 aliphatic heterocycles. The van der Waals surface area contributed by atoms with Gasteiger partial charge in [-0.15, -0.1) is 0 Å². The van der Waals surface area contributed by atoms with Crippen LogP contribution >= 0.6 is 0 Å². The van der Waals surface area contributed by atoms with Gasteiger partial charge in [-0.05, 0) is 44.0 Å². The molecule has 1 atom stereocenters. The van der Waals surface area contributed by atoms with Crippen molar-refractivity contribution < 1.29 is 0 Å². The van der Waals surface area contributed by atoms with Crippen LogP contribution in [0.4, 0.5) is 0 Å². The average molecular weight is 219 g/mol. The summed E-state index contributed by atoms with van der Waals surface area (Å²) >= 11 is 0. The van der Waals surface area contributed by atoms with E-state index < -0.39 is 0 Å². The minimum atomic E-state index is 0.673. The smallest absolute Gasteiger partial charge is 0.00131 e. The molecular formula is C15H25N. The number of hydrogen-bond donors (Lipinski definition) is 0. The Kier molecular flexibility index (Phi) is 6.17. The minimum Gasteiger partial charge on any atom is -0.304 e. The number of rotatable bonds is 7. The van der Waals surface area contributed by atoms with Crippen molar-refractivity contribution in [3.63, 3.8) is 0 Å². The monoisotopic (exact) mass is 219 g/mol. The van der Waals surface area contributed by atoms with Gasteiger partial charge in [-0.2, -0.15) is 0 Å². The molecule has 0 aliphatic carbocycles. The van der Waals surface area contributed by atoms with Crippen molar-refractivity contribution in [2.45, 2.75) is 39.5 Å². The first-order valence-electron chi connectivity index (χ1n) is 6.55. The maximum atomic E-state index is 2.54. The Labute approximate surface area is 100 Å². The van der Waals surface area contributed by atoms with Crippen molar-refractivity contribution in [3.05, 3.63) is 35.9 Å². The van der Waals surface area contributed by atoms with Gasteiger partial charge in [0.25, 0.3) is 0 Å². The predicted molar refractivity (Wildman–Crippen MR) is 71.9 cm³/mol. The summed E-state index contributed by atoms with van der Waals surface area (Å²) in [5.74, 6) is 0.673. The number of nitrogens with zero attached hydrogens (tertiary/aromatic N) is 1. The van der Waals surface area contributed by atoms with E-state index in [2.05, 4.69) is 56.0 Å². The van der Waals surface area contributed by atoms with Crippen LogP contribution < -0.4 is 0 Å². The first-order chi connectivity index (χ1) is 7.77. The molecule has 16 heavy (non-hydrogen) atoms. The van der Waals surface area contributed by atoms with Crippen molar-refractivity contribution in [2.75, 3.05) is 19.6 Å². The van der Waals surface area contributed by atoms with E-state index in [1.807, 2.05) is 0 Å². The lowest BCUT2D eigenvalue weighted by atomic mass is 9.98. The lowest BCUT2D eigenvalue weighted by molar-refractivity contribution is 0.278. The molecule has 1 aromatic carbocycles. The molecule has 0 bridgehead atoms. The second-order valence-electron chi connectivity index (χ2n) is 4.53. The lowest BCUT2D eigenvalue weighted by Crippen LogP contribution is -2.26. The van der Waals surface area contributed by atoms with Crippen LogP contribution in [0.3, 0.4) is 0 Å². The van der Waals surface area contributed by atoms with Crippen molar-refractivity contribution in [1.82, 2.24) is 4.90 Å². The Morgan fingerprint density at radius 3 is 2.31 bits per heavy atom. The van der Waals surface area contributed by atoms with Gasteiger partial charge in [-0.25, -0.2) is 0 Å². The highest BCUT2D eigenvalue weighted by Gasteiger charge is 2.07. The highest BCUT2D eigenvalue weighted by molar-refractivity contribution is 5.18. The second-order valence-corrected chi connectivity index (χ2v) is 4.53. The summed E-state index contributed by atoms with van der Waals surface area (Å²) < 4.78 is 0. The molecule has 1 rings (SSSR count). The van der Waals surface area contributed by atoms with Crippen LogP contribution in [0, 0.1) is 0 Å². The normalized spacial score (nSPS) is 13.0. The van der Waals surface area contributed by atoms with Gasteiger partial charge in [0.15, 0.2) is 0 Å². The Morgan fingerprint density at radius 1 is 1.06 bits per heavy atom. The van der Waals surface area contributed by atoms with E-state index in [9.17, 15) is 0 Å². The molecule has 1 aromatic rings. The summed E-state index contributed by atoms with van der Waals surface area (Å²) in [6.07, 6.45) is 2.52. The van der Waals surface area contributed by atoms with Gasteiger partial charge >= 0.3 is 0 Å².